The second-order valence-corrected chi connectivity index (χ2v) is 16.0. The van der Waals surface area contributed by atoms with E-state index < -0.39 is 5.41 Å². The van der Waals surface area contributed by atoms with Crippen LogP contribution < -0.4 is 4.90 Å². The van der Waals surface area contributed by atoms with Crippen LogP contribution in [-0.2, 0) is 5.41 Å². The van der Waals surface area contributed by atoms with Crippen LogP contribution in [0.5, 0.6) is 0 Å². The van der Waals surface area contributed by atoms with Crippen molar-refractivity contribution in [3.05, 3.63) is 265 Å². The standard InChI is InChI=1S/C59H40N2/c1-5-18-42(19-6-1)57-52-28-14-16-31-55(52)61-56(57)39-34-43-20-17-29-49(58(43)61)41-32-35-47(36-33-41)60(46-25-11-4-12-26-46)48-37-38-51-50-27-13-15-30-53(50)59(54(51)40-48,44-21-7-2-8-22-44)45-23-9-3-10-24-45/h1-40H. The summed E-state index contributed by atoms with van der Waals surface area (Å²) in [4.78, 5) is 2.40. The Morgan fingerprint density at radius 1 is 0.344 bits per heavy atom. The summed E-state index contributed by atoms with van der Waals surface area (Å²) in [6.07, 6.45) is 0. The van der Waals surface area contributed by atoms with Gasteiger partial charge in [-0.05, 0) is 98.4 Å². The molecule has 11 aromatic rings. The Labute approximate surface area is 355 Å². The topological polar surface area (TPSA) is 7.65 Å². The lowest BCUT2D eigenvalue weighted by atomic mass is 9.67. The molecule has 0 spiro atoms. The third kappa shape index (κ3) is 5.36. The van der Waals surface area contributed by atoms with E-state index in [1.54, 1.807) is 0 Å². The van der Waals surface area contributed by atoms with Gasteiger partial charge in [0.2, 0.25) is 0 Å². The zero-order chi connectivity index (χ0) is 40.3. The summed E-state index contributed by atoms with van der Waals surface area (Å²) in [6, 6.07) is 88.9. The Kier molecular flexibility index (Phi) is 8.11. The molecule has 12 rings (SSSR count). The summed E-state index contributed by atoms with van der Waals surface area (Å²) in [7, 11) is 0. The Morgan fingerprint density at radius 2 is 0.918 bits per heavy atom. The number of anilines is 3. The lowest BCUT2D eigenvalue weighted by Gasteiger charge is -2.35. The van der Waals surface area contributed by atoms with Crippen LogP contribution in [0.1, 0.15) is 22.3 Å². The van der Waals surface area contributed by atoms with Crippen LogP contribution >= 0.6 is 0 Å². The molecule has 0 atom stereocenters. The van der Waals surface area contributed by atoms with E-state index in [0.717, 1.165) is 17.1 Å². The number of hydrogen-bond acceptors (Lipinski definition) is 1. The van der Waals surface area contributed by atoms with Gasteiger partial charge < -0.3 is 9.30 Å². The first-order valence-electron chi connectivity index (χ1n) is 21.1. The van der Waals surface area contributed by atoms with Crippen LogP contribution in [0.4, 0.5) is 17.1 Å². The van der Waals surface area contributed by atoms with Crippen molar-refractivity contribution in [1.29, 1.82) is 0 Å². The van der Waals surface area contributed by atoms with Gasteiger partial charge in [-0.15, -0.1) is 0 Å². The van der Waals surface area contributed by atoms with Gasteiger partial charge in [0.15, 0.2) is 0 Å². The smallest absolute Gasteiger partial charge is 0.0714 e. The van der Waals surface area contributed by atoms with Gasteiger partial charge in [0.25, 0.3) is 0 Å². The number of nitrogens with zero attached hydrogens (tertiary/aromatic N) is 2. The highest BCUT2D eigenvalue weighted by molar-refractivity contribution is 6.10. The zero-order valence-corrected chi connectivity index (χ0v) is 33.5. The van der Waals surface area contributed by atoms with Gasteiger partial charge in [-0.3, -0.25) is 0 Å². The first-order valence-corrected chi connectivity index (χ1v) is 21.1. The fourth-order valence-electron chi connectivity index (χ4n) is 10.3. The number of para-hydroxylation sites is 3. The molecule has 0 N–H and O–H groups in total. The summed E-state index contributed by atoms with van der Waals surface area (Å²) in [5.74, 6) is 0. The van der Waals surface area contributed by atoms with Crippen molar-refractivity contribution in [2.24, 2.45) is 0 Å². The van der Waals surface area contributed by atoms with Crippen molar-refractivity contribution >= 4 is 44.4 Å². The fraction of sp³-hybridized carbons (Fsp3) is 0.0169. The second kappa shape index (κ2) is 14.1. The molecule has 1 aliphatic carbocycles. The van der Waals surface area contributed by atoms with Gasteiger partial charge >= 0.3 is 0 Å². The van der Waals surface area contributed by atoms with Crippen LogP contribution in [0.15, 0.2) is 243 Å². The summed E-state index contributed by atoms with van der Waals surface area (Å²) in [6.45, 7) is 0. The molecule has 0 unspecified atom stereocenters. The van der Waals surface area contributed by atoms with E-state index in [2.05, 4.69) is 252 Å². The van der Waals surface area contributed by atoms with Gasteiger partial charge in [-0.2, -0.15) is 0 Å². The quantitative estimate of drug-likeness (QED) is 0.156. The predicted molar refractivity (Wildman–Crippen MR) is 255 cm³/mol. The summed E-state index contributed by atoms with van der Waals surface area (Å²) in [5.41, 5.74) is 19.0. The highest BCUT2D eigenvalue weighted by atomic mass is 15.1. The molecule has 2 aromatic heterocycles. The minimum Gasteiger partial charge on any atom is -0.310 e. The average molecular weight is 777 g/mol. The minimum atomic E-state index is -0.487. The molecule has 2 heteroatoms. The number of aromatic nitrogens is 1. The maximum absolute atomic E-state index is 2.47. The molecule has 61 heavy (non-hydrogen) atoms. The van der Waals surface area contributed by atoms with E-state index in [0.29, 0.717) is 0 Å². The highest BCUT2D eigenvalue weighted by Crippen LogP contribution is 2.57. The van der Waals surface area contributed by atoms with Crippen LogP contribution in [0.2, 0.25) is 0 Å². The Morgan fingerprint density at radius 3 is 1.66 bits per heavy atom. The summed E-state index contributed by atoms with van der Waals surface area (Å²) < 4.78 is 2.47. The number of fused-ring (bicyclic) bond motifs is 8. The lowest BCUT2D eigenvalue weighted by Crippen LogP contribution is -2.28. The van der Waals surface area contributed by atoms with Gasteiger partial charge in [-0.1, -0.05) is 194 Å². The lowest BCUT2D eigenvalue weighted by molar-refractivity contribution is 0.768. The molecule has 0 aliphatic heterocycles. The minimum absolute atomic E-state index is 0.487. The van der Waals surface area contributed by atoms with Gasteiger partial charge in [0, 0.05) is 33.6 Å². The van der Waals surface area contributed by atoms with Crippen molar-refractivity contribution < 1.29 is 0 Å². The molecule has 286 valence electrons. The number of benzene rings is 9. The van der Waals surface area contributed by atoms with Crippen molar-refractivity contribution in [1.82, 2.24) is 4.40 Å². The first-order chi connectivity index (χ1) is 30.3. The largest absolute Gasteiger partial charge is 0.310 e. The number of pyridine rings is 1. The van der Waals surface area contributed by atoms with Crippen molar-refractivity contribution in [2.45, 2.75) is 5.41 Å². The molecule has 0 saturated heterocycles. The van der Waals surface area contributed by atoms with E-state index >= 15 is 0 Å². The van der Waals surface area contributed by atoms with Crippen LogP contribution in [-0.4, -0.2) is 4.40 Å². The fourth-order valence-corrected chi connectivity index (χ4v) is 10.3. The molecule has 1 aliphatic rings. The predicted octanol–water partition coefficient (Wildman–Crippen LogP) is 15.4. The molecular formula is C59H40N2. The number of hydrogen-bond donors (Lipinski definition) is 0. The van der Waals surface area contributed by atoms with Gasteiger partial charge in [-0.25, -0.2) is 0 Å². The van der Waals surface area contributed by atoms with E-state index in [4.69, 9.17) is 0 Å². The molecule has 9 aromatic carbocycles. The highest BCUT2D eigenvalue weighted by Gasteiger charge is 2.46. The maximum atomic E-state index is 2.47. The third-order valence-corrected chi connectivity index (χ3v) is 12.8. The normalized spacial score (nSPS) is 12.7. The van der Waals surface area contributed by atoms with Crippen molar-refractivity contribution in [3.8, 4) is 33.4 Å². The molecule has 0 saturated carbocycles. The first kappa shape index (κ1) is 35.0. The van der Waals surface area contributed by atoms with Gasteiger partial charge in [0.1, 0.15) is 0 Å². The average Bonchev–Trinajstić information content (AvgIpc) is 3.84. The maximum Gasteiger partial charge on any atom is 0.0714 e. The molecule has 0 radical (unpaired) electrons. The summed E-state index contributed by atoms with van der Waals surface area (Å²) in [5, 5.41) is 2.46. The van der Waals surface area contributed by atoms with E-state index in [-0.39, 0.29) is 0 Å². The second-order valence-electron chi connectivity index (χ2n) is 16.0. The SMILES string of the molecule is c1ccc(-c2c3ccccc3n3c2ccc2cccc(-c4ccc(N(c5ccccc5)c5ccc6c(c5)C(c5ccccc5)(c5ccccc5)c5ccccc5-6)cc4)c23)cc1. The molecule has 2 nitrogen and oxygen atoms in total. The van der Waals surface area contributed by atoms with Crippen LogP contribution in [0, 0.1) is 0 Å². The van der Waals surface area contributed by atoms with E-state index in [1.165, 1.54) is 83.0 Å². The van der Waals surface area contributed by atoms with Gasteiger partial charge in [0.05, 0.1) is 22.0 Å². The molecule has 2 heterocycles. The Bertz CT molecular complexity index is 3350. The van der Waals surface area contributed by atoms with Crippen LogP contribution in [0.3, 0.4) is 0 Å². The Hall–Kier alpha value is -7.94. The van der Waals surface area contributed by atoms with Crippen LogP contribution in [0.25, 0.3) is 60.7 Å². The molecule has 0 bridgehead atoms. The number of rotatable bonds is 7. The Balaban J connectivity index is 1.04. The van der Waals surface area contributed by atoms with Crippen molar-refractivity contribution in [2.75, 3.05) is 4.90 Å². The van der Waals surface area contributed by atoms with Crippen molar-refractivity contribution in [3.63, 3.8) is 0 Å². The summed E-state index contributed by atoms with van der Waals surface area (Å²) >= 11 is 0. The van der Waals surface area contributed by atoms with E-state index in [9.17, 15) is 0 Å². The molecular weight excluding hydrogens is 737 g/mol. The third-order valence-electron chi connectivity index (χ3n) is 12.8. The molecule has 0 amide bonds. The molecule has 0 fully saturated rings. The monoisotopic (exact) mass is 776 g/mol. The van der Waals surface area contributed by atoms with E-state index in [1.807, 2.05) is 0 Å². The zero-order valence-electron chi connectivity index (χ0n) is 33.5.